The zero-order valence-corrected chi connectivity index (χ0v) is 8.04. The number of carbonyl (C=O) groups excluding carboxylic acids is 1. The largest absolute Gasteiger partial charge is 0.461 e. The molecule has 2 N–H and O–H groups in total. The summed E-state index contributed by atoms with van der Waals surface area (Å²) in [5, 5.41) is 0. The molecule has 0 aromatic carbocycles. The predicted molar refractivity (Wildman–Crippen MR) is 49.8 cm³/mol. The van der Waals surface area contributed by atoms with E-state index in [-0.39, 0.29) is 5.97 Å². The molecule has 0 aliphatic heterocycles. The number of hydrogen-bond donors (Lipinski definition) is 1. The number of rotatable bonds is 4. The van der Waals surface area contributed by atoms with E-state index >= 15 is 0 Å². The first-order valence-electron chi connectivity index (χ1n) is 3.68. The molecule has 0 saturated heterocycles. The van der Waals surface area contributed by atoms with Crippen LogP contribution >= 0.6 is 0 Å². The number of hydrogen-bond acceptors (Lipinski definition) is 4. The van der Waals surface area contributed by atoms with Gasteiger partial charge in [-0.05, 0) is 21.1 Å². The summed E-state index contributed by atoms with van der Waals surface area (Å²) in [5.74, 6) is -0.359. The zero-order chi connectivity index (χ0) is 9.98. The van der Waals surface area contributed by atoms with Gasteiger partial charge in [-0.15, -0.1) is 0 Å². The Kier molecular flexibility index (Phi) is 11.6. The molecule has 0 atom stereocenters. The van der Waals surface area contributed by atoms with Crippen LogP contribution in [-0.2, 0) is 9.53 Å². The van der Waals surface area contributed by atoms with E-state index in [0.29, 0.717) is 6.61 Å². The Morgan fingerprint density at radius 2 is 2.08 bits per heavy atom. The van der Waals surface area contributed by atoms with E-state index < -0.39 is 0 Å². The lowest BCUT2D eigenvalue weighted by atomic mass is 10.6. The van der Waals surface area contributed by atoms with Crippen molar-refractivity contribution in [1.29, 1.82) is 0 Å². The van der Waals surface area contributed by atoms with E-state index in [4.69, 9.17) is 4.74 Å². The van der Waals surface area contributed by atoms with Crippen LogP contribution in [-0.4, -0.2) is 45.2 Å². The van der Waals surface area contributed by atoms with Crippen molar-refractivity contribution in [2.24, 2.45) is 5.73 Å². The van der Waals surface area contributed by atoms with Crippen molar-refractivity contribution in [2.75, 3.05) is 34.3 Å². The lowest BCUT2D eigenvalue weighted by Gasteiger charge is -2.07. The van der Waals surface area contributed by atoms with Gasteiger partial charge in [0.15, 0.2) is 0 Å². The standard InChI is InChI=1S/C7H13NO2.CH5N/c1-4-7(9)10-6-5-8(2)3;1-2/h4H,1,5-6H2,2-3H3;2H2,1H3. The smallest absolute Gasteiger partial charge is 0.330 e. The summed E-state index contributed by atoms with van der Waals surface area (Å²) in [7, 11) is 5.34. The molecule has 0 spiro atoms. The van der Waals surface area contributed by atoms with Crippen molar-refractivity contribution < 1.29 is 9.53 Å². The minimum atomic E-state index is -0.359. The van der Waals surface area contributed by atoms with Crippen molar-refractivity contribution in [3.05, 3.63) is 12.7 Å². The molecule has 0 heterocycles. The molecule has 0 aliphatic rings. The van der Waals surface area contributed by atoms with E-state index in [1.807, 2.05) is 19.0 Å². The molecule has 12 heavy (non-hydrogen) atoms. The maximum Gasteiger partial charge on any atom is 0.330 e. The number of carbonyl (C=O) groups is 1. The molecule has 72 valence electrons. The second-order valence-electron chi connectivity index (χ2n) is 2.17. The highest BCUT2D eigenvalue weighted by Crippen LogP contribution is 1.80. The van der Waals surface area contributed by atoms with E-state index in [2.05, 4.69) is 12.3 Å². The van der Waals surface area contributed by atoms with Crippen molar-refractivity contribution >= 4 is 5.97 Å². The van der Waals surface area contributed by atoms with Gasteiger partial charge in [0.25, 0.3) is 0 Å². The van der Waals surface area contributed by atoms with Gasteiger partial charge < -0.3 is 15.4 Å². The summed E-state index contributed by atoms with van der Waals surface area (Å²) < 4.78 is 4.70. The Morgan fingerprint density at radius 3 is 2.42 bits per heavy atom. The molecule has 0 saturated carbocycles. The van der Waals surface area contributed by atoms with Crippen LogP contribution < -0.4 is 5.73 Å². The molecule has 0 unspecified atom stereocenters. The van der Waals surface area contributed by atoms with Gasteiger partial charge in [0.1, 0.15) is 6.61 Å². The van der Waals surface area contributed by atoms with Crippen LogP contribution in [0.2, 0.25) is 0 Å². The Bertz CT molecular complexity index is 124. The highest BCUT2D eigenvalue weighted by Gasteiger charge is 1.94. The van der Waals surface area contributed by atoms with Crippen molar-refractivity contribution in [3.8, 4) is 0 Å². The second kappa shape index (κ2) is 10.1. The summed E-state index contributed by atoms with van der Waals surface area (Å²) in [5.41, 5.74) is 4.50. The highest BCUT2D eigenvalue weighted by molar-refractivity contribution is 5.81. The van der Waals surface area contributed by atoms with Crippen LogP contribution in [0.5, 0.6) is 0 Å². The minimum Gasteiger partial charge on any atom is -0.461 e. The lowest BCUT2D eigenvalue weighted by Crippen LogP contribution is -2.19. The molecule has 0 fully saturated rings. The van der Waals surface area contributed by atoms with Gasteiger partial charge in [-0.3, -0.25) is 0 Å². The van der Waals surface area contributed by atoms with Gasteiger partial charge in [-0.25, -0.2) is 4.79 Å². The third kappa shape index (κ3) is 11.9. The molecule has 0 amide bonds. The summed E-state index contributed by atoms with van der Waals surface area (Å²) >= 11 is 0. The summed E-state index contributed by atoms with van der Waals surface area (Å²) in [6, 6.07) is 0. The molecule has 0 aromatic rings. The molecule has 0 aromatic heterocycles. The Labute approximate surface area is 74.0 Å². The second-order valence-corrected chi connectivity index (χ2v) is 2.17. The van der Waals surface area contributed by atoms with Crippen molar-refractivity contribution in [2.45, 2.75) is 0 Å². The van der Waals surface area contributed by atoms with Crippen LogP contribution in [0, 0.1) is 0 Å². The van der Waals surface area contributed by atoms with Crippen molar-refractivity contribution in [1.82, 2.24) is 4.90 Å². The molecule has 0 bridgehead atoms. The Morgan fingerprint density at radius 1 is 1.58 bits per heavy atom. The fraction of sp³-hybridized carbons (Fsp3) is 0.625. The lowest BCUT2D eigenvalue weighted by molar-refractivity contribution is -0.137. The van der Waals surface area contributed by atoms with Gasteiger partial charge in [-0.2, -0.15) is 0 Å². The van der Waals surface area contributed by atoms with Crippen LogP contribution in [0.15, 0.2) is 12.7 Å². The fourth-order valence-corrected chi connectivity index (χ4v) is 0.388. The molecule has 4 nitrogen and oxygen atoms in total. The first kappa shape index (κ1) is 13.7. The van der Waals surface area contributed by atoms with E-state index in [1.54, 1.807) is 0 Å². The first-order chi connectivity index (χ1) is 5.66. The topological polar surface area (TPSA) is 55.6 Å². The monoisotopic (exact) mass is 174 g/mol. The van der Waals surface area contributed by atoms with Crippen LogP contribution in [0.3, 0.4) is 0 Å². The van der Waals surface area contributed by atoms with Crippen LogP contribution in [0.25, 0.3) is 0 Å². The zero-order valence-electron chi connectivity index (χ0n) is 8.04. The average Bonchev–Trinajstić information content (AvgIpc) is 2.07. The third-order valence-electron chi connectivity index (χ3n) is 0.949. The van der Waals surface area contributed by atoms with Gasteiger partial charge in [0.2, 0.25) is 0 Å². The highest BCUT2D eigenvalue weighted by atomic mass is 16.5. The van der Waals surface area contributed by atoms with E-state index in [1.165, 1.54) is 7.05 Å². The molecule has 0 radical (unpaired) electrons. The van der Waals surface area contributed by atoms with Gasteiger partial charge in [0.05, 0.1) is 0 Å². The Balaban J connectivity index is 0. The number of ether oxygens (including phenoxy) is 1. The number of nitrogens with zero attached hydrogens (tertiary/aromatic N) is 1. The van der Waals surface area contributed by atoms with Crippen LogP contribution in [0.1, 0.15) is 0 Å². The molecule has 0 rings (SSSR count). The minimum absolute atomic E-state index is 0.359. The third-order valence-corrected chi connectivity index (χ3v) is 0.949. The molecule has 4 heteroatoms. The van der Waals surface area contributed by atoms with E-state index in [0.717, 1.165) is 12.6 Å². The Hall–Kier alpha value is -0.870. The van der Waals surface area contributed by atoms with Crippen molar-refractivity contribution in [3.63, 3.8) is 0 Å². The van der Waals surface area contributed by atoms with Gasteiger partial charge in [0, 0.05) is 12.6 Å². The molecule has 0 aliphatic carbocycles. The number of nitrogens with two attached hydrogens (primary N) is 1. The predicted octanol–water partition coefficient (Wildman–Crippen LogP) is -0.148. The van der Waals surface area contributed by atoms with Gasteiger partial charge in [-0.1, -0.05) is 6.58 Å². The molecular formula is C8H18N2O2. The normalized spacial score (nSPS) is 8.42. The molecular weight excluding hydrogens is 156 g/mol. The fourth-order valence-electron chi connectivity index (χ4n) is 0.388. The average molecular weight is 174 g/mol. The summed E-state index contributed by atoms with van der Waals surface area (Å²) in [6.45, 7) is 4.45. The van der Waals surface area contributed by atoms with Crippen LogP contribution in [0.4, 0.5) is 0 Å². The number of likely N-dealkylation sites (N-methyl/N-ethyl adjacent to an activating group) is 1. The van der Waals surface area contributed by atoms with E-state index in [9.17, 15) is 4.79 Å². The maximum atomic E-state index is 10.4. The van der Waals surface area contributed by atoms with Gasteiger partial charge >= 0.3 is 5.97 Å². The number of esters is 1. The quantitative estimate of drug-likeness (QED) is 0.476. The maximum absolute atomic E-state index is 10.4. The summed E-state index contributed by atoms with van der Waals surface area (Å²) in [4.78, 5) is 12.4. The summed E-state index contributed by atoms with van der Waals surface area (Å²) in [6.07, 6.45) is 1.16. The SMILES string of the molecule is C=CC(=O)OCCN(C)C.CN. The first-order valence-corrected chi connectivity index (χ1v) is 3.68.